The minimum atomic E-state index is -0.317. The van der Waals surface area contributed by atoms with Crippen molar-refractivity contribution in [1.82, 2.24) is 4.90 Å². The van der Waals surface area contributed by atoms with Gasteiger partial charge in [0.25, 0.3) is 0 Å². The van der Waals surface area contributed by atoms with Crippen LogP contribution in [0.15, 0.2) is 48.5 Å². The number of carbonyl (C=O) groups is 1. The summed E-state index contributed by atoms with van der Waals surface area (Å²) < 4.78 is 1.16. The van der Waals surface area contributed by atoms with E-state index < -0.39 is 0 Å². The van der Waals surface area contributed by atoms with E-state index in [9.17, 15) is 4.79 Å². The van der Waals surface area contributed by atoms with Crippen molar-refractivity contribution in [2.24, 2.45) is 5.73 Å². The smallest absolute Gasteiger partial charge is 0.248 e. The molecular weight excluding hydrogens is 399 g/mol. The Kier molecular flexibility index (Phi) is 5.33. The molecule has 3 rings (SSSR count). The van der Waals surface area contributed by atoms with Crippen molar-refractivity contribution in [3.05, 3.63) is 68.8 Å². The number of hydrogen-bond acceptors (Lipinski definition) is 2. The monoisotopic (exact) mass is 420 g/mol. The Balaban J connectivity index is 1.67. The third kappa shape index (κ3) is 4.12. The first kappa shape index (κ1) is 16.5. The molecule has 0 saturated carbocycles. The minimum absolute atomic E-state index is 0.317. The summed E-state index contributed by atoms with van der Waals surface area (Å²) in [7, 11) is 0. The van der Waals surface area contributed by atoms with Crippen LogP contribution in [0.2, 0.25) is 0 Å². The second kappa shape index (κ2) is 7.45. The van der Waals surface area contributed by atoms with Crippen LogP contribution in [0.4, 0.5) is 0 Å². The van der Waals surface area contributed by atoms with Crippen molar-refractivity contribution < 1.29 is 4.79 Å². The topological polar surface area (TPSA) is 46.3 Å². The average Bonchev–Trinajstić information content (AvgIpc) is 2.56. The Morgan fingerprint density at radius 2 is 1.83 bits per heavy atom. The highest BCUT2D eigenvalue weighted by atomic mass is 127. The van der Waals surface area contributed by atoms with Gasteiger partial charge in [-0.1, -0.05) is 30.3 Å². The van der Waals surface area contributed by atoms with E-state index in [2.05, 4.69) is 63.9 Å². The largest absolute Gasteiger partial charge is 0.366 e. The van der Waals surface area contributed by atoms with Crippen molar-refractivity contribution in [2.75, 3.05) is 13.1 Å². The second-order valence-corrected chi connectivity index (χ2v) is 7.38. The maximum Gasteiger partial charge on any atom is 0.248 e. The Hall–Kier alpha value is -1.40. The number of benzene rings is 2. The molecule has 0 aromatic heterocycles. The molecule has 0 atom stereocenters. The molecule has 1 aliphatic rings. The van der Waals surface area contributed by atoms with Crippen LogP contribution in [0.5, 0.6) is 0 Å². The van der Waals surface area contributed by atoms with Crippen LogP contribution in [0, 0.1) is 3.57 Å². The highest BCUT2D eigenvalue weighted by Gasteiger charge is 2.24. The third-order valence-electron chi connectivity index (χ3n) is 4.56. The molecule has 2 aromatic rings. The van der Waals surface area contributed by atoms with Gasteiger partial charge >= 0.3 is 0 Å². The highest BCUT2D eigenvalue weighted by molar-refractivity contribution is 14.1. The van der Waals surface area contributed by atoms with Gasteiger partial charge in [0.2, 0.25) is 5.91 Å². The Labute approximate surface area is 151 Å². The van der Waals surface area contributed by atoms with Gasteiger partial charge in [0.05, 0.1) is 0 Å². The summed E-state index contributed by atoms with van der Waals surface area (Å²) in [6.45, 7) is 3.12. The second-order valence-electron chi connectivity index (χ2n) is 6.13. The highest BCUT2D eigenvalue weighted by Crippen LogP contribution is 2.32. The fourth-order valence-corrected chi connectivity index (χ4v) is 3.85. The molecule has 4 heteroatoms. The molecule has 1 amide bonds. The first-order valence-corrected chi connectivity index (χ1v) is 9.07. The molecule has 0 aliphatic carbocycles. The SMILES string of the molecule is NC(=O)c1ccc(I)cc1C1CCN(Cc2ccccc2)CC1. The van der Waals surface area contributed by atoms with Crippen LogP contribution in [-0.4, -0.2) is 23.9 Å². The van der Waals surface area contributed by atoms with Crippen molar-refractivity contribution in [3.8, 4) is 0 Å². The molecule has 2 N–H and O–H groups in total. The number of likely N-dealkylation sites (tertiary alicyclic amines) is 1. The number of primary amides is 1. The molecule has 0 bridgehead atoms. The zero-order chi connectivity index (χ0) is 16.2. The van der Waals surface area contributed by atoms with Gasteiger partial charge in [0.15, 0.2) is 0 Å². The van der Waals surface area contributed by atoms with E-state index in [0.717, 1.165) is 41.6 Å². The van der Waals surface area contributed by atoms with E-state index in [0.29, 0.717) is 11.5 Å². The normalized spacial score (nSPS) is 16.4. The number of hydrogen-bond donors (Lipinski definition) is 1. The van der Waals surface area contributed by atoms with Crippen molar-refractivity contribution in [1.29, 1.82) is 0 Å². The lowest BCUT2D eigenvalue weighted by molar-refractivity contribution is 0.0998. The number of carbonyl (C=O) groups excluding carboxylic acids is 1. The number of piperidine rings is 1. The molecule has 0 radical (unpaired) electrons. The first-order valence-electron chi connectivity index (χ1n) is 7.99. The molecule has 2 aromatic carbocycles. The van der Waals surface area contributed by atoms with Gasteiger partial charge in [0, 0.05) is 15.7 Å². The first-order chi connectivity index (χ1) is 11.1. The van der Waals surface area contributed by atoms with Crippen molar-refractivity contribution >= 4 is 28.5 Å². The van der Waals surface area contributed by atoms with Gasteiger partial charge < -0.3 is 5.73 Å². The molecule has 120 valence electrons. The van der Waals surface area contributed by atoms with Gasteiger partial charge in [-0.05, 0) is 83.8 Å². The molecule has 0 spiro atoms. The summed E-state index contributed by atoms with van der Waals surface area (Å²) in [4.78, 5) is 14.2. The van der Waals surface area contributed by atoms with E-state index >= 15 is 0 Å². The Morgan fingerprint density at radius 1 is 1.13 bits per heavy atom. The quantitative estimate of drug-likeness (QED) is 0.766. The third-order valence-corrected chi connectivity index (χ3v) is 5.23. The zero-order valence-corrected chi connectivity index (χ0v) is 15.2. The van der Waals surface area contributed by atoms with Crippen LogP contribution in [0.3, 0.4) is 0 Å². The van der Waals surface area contributed by atoms with E-state index in [1.807, 2.05) is 12.1 Å². The number of nitrogens with zero attached hydrogens (tertiary/aromatic N) is 1. The number of nitrogens with two attached hydrogens (primary N) is 1. The summed E-state index contributed by atoms with van der Waals surface area (Å²) in [6.07, 6.45) is 2.15. The standard InChI is InChI=1S/C19H21IN2O/c20-16-6-7-17(19(21)23)18(12-16)15-8-10-22(11-9-15)13-14-4-2-1-3-5-14/h1-7,12,15H,8-11,13H2,(H2,21,23). The Bertz CT molecular complexity index is 679. The van der Waals surface area contributed by atoms with Crippen LogP contribution >= 0.6 is 22.6 Å². The minimum Gasteiger partial charge on any atom is -0.366 e. The summed E-state index contributed by atoms with van der Waals surface area (Å²) >= 11 is 2.30. The van der Waals surface area contributed by atoms with Crippen molar-refractivity contribution in [2.45, 2.75) is 25.3 Å². The van der Waals surface area contributed by atoms with E-state index in [1.54, 1.807) is 0 Å². The summed E-state index contributed by atoms with van der Waals surface area (Å²) in [5.41, 5.74) is 8.72. The zero-order valence-electron chi connectivity index (χ0n) is 13.0. The number of rotatable bonds is 4. The summed E-state index contributed by atoms with van der Waals surface area (Å²) in [5, 5.41) is 0. The Morgan fingerprint density at radius 3 is 2.48 bits per heavy atom. The molecule has 1 saturated heterocycles. The maximum atomic E-state index is 11.7. The predicted octanol–water partition coefficient (Wildman–Crippen LogP) is 3.77. The van der Waals surface area contributed by atoms with Gasteiger partial charge in [-0.2, -0.15) is 0 Å². The fourth-order valence-electron chi connectivity index (χ4n) is 3.34. The average molecular weight is 420 g/mol. The van der Waals surface area contributed by atoms with Crippen molar-refractivity contribution in [3.63, 3.8) is 0 Å². The maximum absolute atomic E-state index is 11.7. The number of amides is 1. The summed E-state index contributed by atoms with van der Waals surface area (Å²) in [5.74, 6) is 0.113. The molecule has 3 nitrogen and oxygen atoms in total. The van der Waals surface area contributed by atoms with Gasteiger partial charge in [-0.25, -0.2) is 0 Å². The molecule has 1 fully saturated rings. The van der Waals surface area contributed by atoms with E-state index in [1.165, 1.54) is 5.56 Å². The molecule has 1 heterocycles. The van der Waals surface area contributed by atoms with Crippen LogP contribution < -0.4 is 5.73 Å². The van der Waals surface area contributed by atoms with Gasteiger partial charge in [-0.3, -0.25) is 9.69 Å². The molecule has 0 unspecified atom stereocenters. The van der Waals surface area contributed by atoms with E-state index in [4.69, 9.17) is 5.73 Å². The number of halogens is 1. The lowest BCUT2D eigenvalue weighted by Crippen LogP contribution is -2.33. The molecule has 1 aliphatic heterocycles. The van der Waals surface area contributed by atoms with Gasteiger partial charge in [-0.15, -0.1) is 0 Å². The lowest BCUT2D eigenvalue weighted by Gasteiger charge is -2.33. The molecular formula is C19H21IN2O. The lowest BCUT2D eigenvalue weighted by atomic mass is 9.86. The van der Waals surface area contributed by atoms with E-state index in [-0.39, 0.29) is 5.91 Å². The van der Waals surface area contributed by atoms with Crippen LogP contribution in [-0.2, 0) is 6.54 Å². The fraction of sp³-hybridized carbons (Fsp3) is 0.316. The van der Waals surface area contributed by atoms with Gasteiger partial charge in [0.1, 0.15) is 0 Å². The molecule has 23 heavy (non-hydrogen) atoms. The predicted molar refractivity (Wildman–Crippen MR) is 101 cm³/mol. The summed E-state index contributed by atoms with van der Waals surface area (Å²) in [6, 6.07) is 16.5. The van der Waals surface area contributed by atoms with Crippen LogP contribution in [0.1, 0.15) is 40.2 Å². The van der Waals surface area contributed by atoms with Crippen LogP contribution in [0.25, 0.3) is 0 Å².